The third-order valence-electron chi connectivity index (χ3n) is 2.08. The fraction of sp³-hybridized carbons (Fsp3) is 0. The van der Waals surface area contributed by atoms with Crippen LogP contribution in [-0.4, -0.2) is 20.4 Å². The monoisotopic (exact) mass is 186 g/mol. The number of hydrogen-bond acceptors (Lipinski definition) is 4. The molecule has 0 aliphatic heterocycles. The smallest absolute Gasteiger partial charge is 0.248 e. The van der Waals surface area contributed by atoms with E-state index in [0.29, 0.717) is 5.89 Å². The van der Waals surface area contributed by atoms with Crippen LogP contribution in [0, 0.1) is 0 Å². The third-order valence-corrected chi connectivity index (χ3v) is 2.08. The lowest BCUT2D eigenvalue weighted by Crippen LogP contribution is -1.78. The quantitative estimate of drug-likeness (QED) is 0.626. The van der Waals surface area contributed by atoms with Crippen LogP contribution in [0.3, 0.4) is 0 Å². The number of aromatic nitrogens is 4. The molecule has 0 aliphatic rings. The number of hydrogen-bond donors (Lipinski definition) is 1. The standard InChI is InChI=1S/C9H6N4O/c1-2-6(9-13-11-5-14-9)7-4-10-12-8(7)3-1/h1-5H,(H,10,12). The maximum Gasteiger partial charge on any atom is 0.248 e. The van der Waals surface area contributed by atoms with Gasteiger partial charge >= 0.3 is 0 Å². The number of benzene rings is 1. The summed E-state index contributed by atoms with van der Waals surface area (Å²) in [5, 5.41) is 15.3. The van der Waals surface area contributed by atoms with E-state index in [1.54, 1.807) is 6.20 Å². The molecule has 3 rings (SSSR count). The molecule has 0 saturated heterocycles. The molecule has 0 radical (unpaired) electrons. The van der Waals surface area contributed by atoms with Crippen molar-refractivity contribution in [2.75, 3.05) is 0 Å². The molecule has 68 valence electrons. The van der Waals surface area contributed by atoms with Gasteiger partial charge < -0.3 is 4.42 Å². The Morgan fingerprint density at radius 2 is 2.29 bits per heavy atom. The van der Waals surface area contributed by atoms with E-state index in [1.165, 1.54) is 6.39 Å². The molecule has 0 saturated carbocycles. The molecule has 0 amide bonds. The molecular weight excluding hydrogens is 180 g/mol. The Morgan fingerprint density at radius 1 is 1.29 bits per heavy atom. The highest BCUT2D eigenvalue weighted by atomic mass is 16.4. The Morgan fingerprint density at radius 3 is 3.14 bits per heavy atom. The Kier molecular flexibility index (Phi) is 1.38. The first kappa shape index (κ1) is 7.25. The van der Waals surface area contributed by atoms with Gasteiger partial charge in [0.15, 0.2) is 0 Å². The fourth-order valence-electron chi connectivity index (χ4n) is 1.45. The molecule has 0 aliphatic carbocycles. The van der Waals surface area contributed by atoms with Crippen molar-refractivity contribution in [3.8, 4) is 11.5 Å². The summed E-state index contributed by atoms with van der Waals surface area (Å²) < 4.78 is 5.13. The summed E-state index contributed by atoms with van der Waals surface area (Å²) in [6.45, 7) is 0. The molecule has 3 aromatic rings. The molecule has 5 heteroatoms. The summed E-state index contributed by atoms with van der Waals surface area (Å²) in [5.41, 5.74) is 1.86. The lowest BCUT2D eigenvalue weighted by atomic mass is 10.1. The molecule has 0 fully saturated rings. The van der Waals surface area contributed by atoms with Crippen molar-refractivity contribution in [1.82, 2.24) is 20.4 Å². The van der Waals surface area contributed by atoms with Crippen LogP contribution >= 0.6 is 0 Å². The molecule has 2 aromatic heterocycles. The van der Waals surface area contributed by atoms with Gasteiger partial charge in [0.25, 0.3) is 0 Å². The fourth-order valence-corrected chi connectivity index (χ4v) is 1.45. The van der Waals surface area contributed by atoms with Crippen LogP contribution in [0.15, 0.2) is 35.2 Å². The van der Waals surface area contributed by atoms with Gasteiger partial charge in [0.1, 0.15) is 0 Å². The van der Waals surface area contributed by atoms with Crippen LogP contribution in [0.25, 0.3) is 22.4 Å². The van der Waals surface area contributed by atoms with E-state index in [0.717, 1.165) is 16.5 Å². The van der Waals surface area contributed by atoms with Crippen LogP contribution in [0.4, 0.5) is 0 Å². The third kappa shape index (κ3) is 0.922. The van der Waals surface area contributed by atoms with E-state index in [4.69, 9.17) is 4.42 Å². The Hall–Kier alpha value is -2.17. The van der Waals surface area contributed by atoms with E-state index in [9.17, 15) is 0 Å². The zero-order valence-corrected chi connectivity index (χ0v) is 7.14. The van der Waals surface area contributed by atoms with Gasteiger partial charge in [0.05, 0.1) is 11.7 Å². The van der Waals surface area contributed by atoms with Gasteiger partial charge in [-0.05, 0) is 12.1 Å². The topological polar surface area (TPSA) is 67.6 Å². The molecule has 1 N–H and O–H groups in total. The molecule has 0 atom stereocenters. The van der Waals surface area contributed by atoms with Crippen LogP contribution in [0.2, 0.25) is 0 Å². The molecule has 0 spiro atoms. The first-order valence-electron chi connectivity index (χ1n) is 4.14. The van der Waals surface area contributed by atoms with Crippen molar-refractivity contribution in [1.29, 1.82) is 0 Å². The van der Waals surface area contributed by atoms with E-state index in [1.807, 2.05) is 18.2 Å². The summed E-state index contributed by atoms with van der Waals surface area (Å²) in [7, 11) is 0. The number of fused-ring (bicyclic) bond motifs is 1. The molecule has 0 unspecified atom stereocenters. The van der Waals surface area contributed by atoms with Gasteiger partial charge in [-0.25, -0.2) is 0 Å². The van der Waals surface area contributed by atoms with Crippen LogP contribution < -0.4 is 0 Å². The highest BCUT2D eigenvalue weighted by molar-refractivity contribution is 5.91. The Labute approximate surface area is 78.8 Å². The van der Waals surface area contributed by atoms with E-state index in [2.05, 4.69) is 20.4 Å². The predicted octanol–water partition coefficient (Wildman–Crippen LogP) is 1.61. The van der Waals surface area contributed by atoms with Crippen molar-refractivity contribution in [3.05, 3.63) is 30.8 Å². The first-order chi connectivity index (χ1) is 6.95. The highest BCUT2D eigenvalue weighted by Gasteiger charge is 2.08. The summed E-state index contributed by atoms with van der Waals surface area (Å²) in [6, 6.07) is 5.79. The zero-order valence-electron chi connectivity index (χ0n) is 7.14. The summed E-state index contributed by atoms with van der Waals surface area (Å²) in [6.07, 6.45) is 3.06. The summed E-state index contributed by atoms with van der Waals surface area (Å²) in [4.78, 5) is 0. The highest BCUT2D eigenvalue weighted by Crippen LogP contribution is 2.24. The number of rotatable bonds is 1. The average molecular weight is 186 g/mol. The number of H-pyrrole nitrogens is 1. The van der Waals surface area contributed by atoms with E-state index >= 15 is 0 Å². The van der Waals surface area contributed by atoms with Crippen molar-refractivity contribution in [2.45, 2.75) is 0 Å². The van der Waals surface area contributed by atoms with Crippen LogP contribution in [-0.2, 0) is 0 Å². The minimum atomic E-state index is 0.511. The van der Waals surface area contributed by atoms with E-state index in [-0.39, 0.29) is 0 Å². The number of aromatic amines is 1. The second kappa shape index (κ2) is 2.66. The van der Waals surface area contributed by atoms with Gasteiger partial charge in [-0.3, -0.25) is 5.10 Å². The average Bonchev–Trinajstić information content (AvgIpc) is 2.88. The van der Waals surface area contributed by atoms with Crippen molar-refractivity contribution >= 4 is 10.9 Å². The van der Waals surface area contributed by atoms with Gasteiger partial charge in [0.2, 0.25) is 12.3 Å². The van der Waals surface area contributed by atoms with Gasteiger partial charge in [0, 0.05) is 10.9 Å². The maximum absolute atomic E-state index is 5.13. The predicted molar refractivity (Wildman–Crippen MR) is 49.4 cm³/mol. The summed E-state index contributed by atoms with van der Waals surface area (Å²) >= 11 is 0. The largest absolute Gasteiger partial charge is 0.423 e. The minimum Gasteiger partial charge on any atom is -0.423 e. The summed E-state index contributed by atoms with van der Waals surface area (Å²) in [5.74, 6) is 0.511. The number of nitrogens with zero attached hydrogens (tertiary/aromatic N) is 3. The maximum atomic E-state index is 5.13. The van der Waals surface area contributed by atoms with Gasteiger partial charge in [-0.2, -0.15) is 5.10 Å². The second-order valence-electron chi connectivity index (χ2n) is 2.88. The van der Waals surface area contributed by atoms with Gasteiger partial charge in [-0.1, -0.05) is 6.07 Å². The lowest BCUT2D eigenvalue weighted by molar-refractivity contribution is 0.569. The van der Waals surface area contributed by atoms with Crippen molar-refractivity contribution in [3.63, 3.8) is 0 Å². The molecular formula is C9H6N4O. The van der Waals surface area contributed by atoms with Crippen LogP contribution in [0.5, 0.6) is 0 Å². The van der Waals surface area contributed by atoms with E-state index < -0.39 is 0 Å². The minimum absolute atomic E-state index is 0.511. The van der Waals surface area contributed by atoms with Crippen molar-refractivity contribution < 1.29 is 4.42 Å². The first-order valence-corrected chi connectivity index (χ1v) is 4.14. The van der Waals surface area contributed by atoms with Gasteiger partial charge in [-0.15, -0.1) is 10.2 Å². The Bertz CT molecular complexity index is 555. The Balaban J connectivity index is 2.36. The molecule has 2 heterocycles. The van der Waals surface area contributed by atoms with Crippen molar-refractivity contribution in [2.24, 2.45) is 0 Å². The zero-order chi connectivity index (χ0) is 9.38. The van der Waals surface area contributed by atoms with Crippen LogP contribution in [0.1, 0.15) is 0 Å². The normalized spacial score (nSPS) is 10.9. The molecule has 0 bridgehead atoms. The SMILES string of the molecule is c1cc(-c2nnco2)c2cn[nH]c2c1. The lowest BCUT2D eigenvalue weighted by Gasteiger charge is -1.95. The molecule has 14 heavy (non-hydrogen) atoms. The molecule has 1 aromatic carbocycles. The number of nitrogens with one attached hydrogen (secondary N) is 1. The molecule has 5 nitrogen and oxygen atoms in total. The second-order valence-corrected chi connectivity index (χ2v) is 2.88.